The molecule has 1 N–H and O–H groups in total. The molecule has 0 radical (unpaired) electrons. The molecule has 11 heteroatoms. The van der Waals surface area contributed by atoms with Crippen LogP contribution in [0.25, 0.3) is 11.3 Å². The van der Waals surface area contributed by atoms with E-state index in [1.807, 2.05) is 0 Å². The zero-order valence-electron chi connectivity index (χ0n) is 15.3. The molecule has 1 aromatic heterocycles. The summed E-state index contributed by atoms with van der Waals surface area (Å²) in [6, 6.07) is 12.2. The Hall–Kier alpha value is -3.05. The standard InChI is InChI=1S/C18H16FN3O5S2/c1-27-16-8-6-13(19)11-17(16)29(25,26)22-14-5-3-4-12(10-14)15-7-9-18(21-20-15)28(2,23)24/h3-11,22H,1-2H3. The van der Waals surface area contributed by atoms with Gasteiger partial charge in [0.2, 0.25) is 0 Å². The molecule has 0 spiro atoms. The molecule has 0 aliphatic rings. The van der Waals surface area contributed by atoms with Crippen molar-refractivity contribution < 1.29 is 26.0 Å². The number of nitrogens with one attached hydrogen (secondary N) is 1. The van der Waals surface area contributed by atoms with E-state index in [9.17, 15) is 21.2 Å². The number of anilines is 1. The maximum Gasteiger partial charge on any atom is 0.265 e. The van der Waals surface area contributed by atoms with Crippen LogP contribution in [-0.4, -0.2) is 40.4 Å². The Morgan fingerprint density at radius 2 is 1.72 bits per heavy atom. The molecule has 0 saturated carbocycles. The van der Waals surface area contributed by atoms with Gasteiger partial charge in [-0.2, -0.15) is 0 Å². The summed E-state index contributed by atoms with van der Waals surface area (Å²) in [4.78, 5) is -0.345. The van der Waals surface area contributed by atoms with Crippen molar-refractivity contribution in [2.45, 2.75) is 9.92 Å². The molecule has 0 aliphatic heterocycles. The Balaban J connectivity index is 1.93. The number of sulfonamides is 1. The predicted molar refractivity (Wildman–Crippen MR) is 104 cm³/mol. The molecule has 0 unspecified atom stereocenters. The monoisotopic (exact) mass is 437 g/mol. The van der Waals surface area contributed by atoms with Crippen molar-refractivity contribution in [3.8, 4) is 17.0 Å². The Labute approximate surface area is 167 Å². The maximum atomic E-state index is 13.5. The number of sulfone groups is 1. The molecule has 0 atom stereocenters. The third-order valence-electron chi connectivity index (χ3n) is 3.85. The fourth-order valence-electron chi connectivity index (χ4n) is 2.48. The highest BCUT2D eigenvalue weighted by molar-refractivity contribution is 7.92. The van der Waals surface area contributed by atoms with Gasteiger partial charge in [0.25, 0.3) is 10.0 Å². The maximum absolute atomic E-state index is 13.5. The van der Waals surface area contributed by atoms with E-state index in [1.54, 1.807) is 12.1 Å². The first-order valence-corrected chi connectivity index (χ1v) is 11.5. The predicted octanol–water partition coefficient (Wildman–Crippen LogP) is 2.50. The number of halogens is 1. The quantitative estimate of drug-likeness (QED) is 0.630. The second kappa shape index (κ2) is 7.76. The van der Waals surface area contributed by atoms with Gasteiger partial charge in [-0.3, -0.25) is 4.72 Å². The highest BCUT2D eigenvalue weighted by atomic mass is 32.2. The van der Waals surface area contributed by atoms with Crippen LogP contribution < -0.4 is 9.46 Å². The van der Waals surface area contributed by atoms with Gasteiger partial charge in [-0.05, 0) is 42.5 Å². The number of hydrogen-bond acceptors (Lipinski definition) is 7. The summed E-state index contributed by atoms with van der Waals surface area (Å²) in [5, 5.41) is 7.38. The van der Waals surface area contributed by atoms with E-state index in [0.29, 0.717) is 11.3 Å². The molecule has 0 saturated heterocycles. The highest BCUT2D eigenvalue weighted by Gasteiger charge is 2.21. The van der Waals surface area contributed by atoms with Gasteiger partial charge in [0.15, 0.2) is 14.9 Å². The fraction of sp³-hybridized carbons (Fsp3) is 0.111. The zero-order chi connectivity index (χ0) is 21.2. The van der Waals surface area contributed by atoms with Crippen LogP contribution in [0.15, 0.2) is 64.5 Å². The topological polar surface area (TPSA) is 115 Å². The van der Waals surface area contributed by atoms with Crippen LogP contribution in [0, 0.1) is 5.82 Å². The van der Waals surface area contributed by atoms with Crippen LogP contribution in [0.2, 0.25) is 0 Å². The molecule has 0 amide bonds. The van der Waals surface area contributed by atoms with Crippen LogP contribution in [0.5, 0.6) is 5.75 Å². The van der Waals surface area contributed by atoms with E-state index < -0.39 is 25.7 Å². The number of methoxy groups -OCH3 is 1. The van der Waals surface area contributed by atoms with Gasteiger partial charge in [-0.25, -0.2) is 21.2 Å². The van der Waals surface area contributed by atoms with Gasteiger partial charge >= 0.3 is 0 Å². The smallest absolute Gasteiger partial charge is 0.265 e. The molecule has 0 aliphatic carbocycles. The van der Waals surface area contributed by atoms with Gasteiger partial charge < -0.3 is 4.74 Å². The molecular weight excluding hydrogens is 421 g/mol. The lowest BCUT2D eigenvalue weighted by Crippen LogP contribution is -2.14. The zero-order valence-corrected chi connectivity index (χ0v) is 17.0. The summed E-state index contributed by atoms with van der Waals surface area (Å²) in [6.45, 7) is 0. The Morgan fingerprint density at radius 3 is 2.34 bits per heavy atom. The minimum atomic E-state index is -4.13. The Kier molecular flexibility index (Phi) is 5.53. The molecule has 2 aromatic carbocycles. The number of rotatable bonds is 6. The number of ether oxygens (including phenoxy) is 1. The van der Waals surface area contributed by atoms with E-state index in [2.05, 4.69) is 14.9 Å². The summed E-state index contributed by atoms with van der Waals surface area (Å²) >= 11 is 0. The van der Waals surface area contributed by atoms with Crippen molar-refractivity contribution >= 4 is 25.5 Å². The van der Waals surface area contributed by atoms with E-state index in [-0.39, 0.29) is 21.4 Å². The normalized spacial score (nSPS) is 11.8. The van der Waals surface area contributed by atoms with E-state index in [0.717, 1.165) is 18.4 Å². The summed E-state index contributed by atoms with van der Waals surface area (Å²) in [6.07, 6.45) is 1.02. The van der Waals surface area contributed by atoms with Crippen LogP contribution >= 0.6 is 0 Å². The lowest BCUT2D eigenvalue weighted by Gasteiger charge is -2.12. The Bertz CT molecular complexity index is 1260. The highest BCUT2D eigenvalue weighted by Crippen LogP contribution is 2.28. The van der Waals surface area contributed by atoms with E-state index in [1.165, 1.54) is 37.4 Å². The molecule has 0 fully saturated rings. The summed E-state index contributed by atoms with van der Waals surface area (Å²) < 4.78 is 69.3. The van der Waals surface area contributed by atoms with Crippen LogP contribution in [-0.2, 0) is 19.9 Å². The molecule has 3 rings (SSSR count). The fourth-order valence-corrected chi connectivity index (χ4v) is 4.22. The molecule has 1 heterocycles. The molecule has 0 bridgehead atoms. The lowest BCUT2D eigenvalue weighted by molar-refractivity contribution is 0.401. The third kappa shape index (κ3) is 4.69. The molecule has 152 valence electrons. The molecule has 29 heavy (non-hydrogen) atoms. The Morgan fingerprint density at radius 1 is 0.966 bits per heavy atom. The van der Waals surface area contributed by atoms with E-state index >= 15 is 0 Å². The number of benzene rings is 2. The van der Waals surface area contributed by atoms with Gasteiger partial charge in [0.05, 0.1) is 12.8 Å². The van der Waals surface area contributed by atoms with Gasteiger partial charge in [0.1, 0.15) is 16.5 Å². The lowest BCUT2D eigenvalue weighted by atomic mass is 10.1. The van der Waals surface area contributed by atoms with Crippen molar-refractivity contribution in [3.05, 3.63) is 60.4 Å². The first-order chi connectivity index (χ1) is 13.6. The second-order valence-electron chi connectivity index (χ2n) is 6.01. The second-order valence-corrected chi connectivity index (χ2v) is 9.62. The van der Waals surface area contributed by atoms with Crippen LogP contribution in [0.3, 0.4) is 0 Å². The van der Waals surface area contributed by atoms with Crippen molar-refractivity contribution in [2.24, 2.45) is 0 Å². The first kappa shape index (κ1) is 20.7. The number of hydrogen-bond donors (Lipinski definition) is 1. The third-order valence-corrected chi connectivity index (χ3v) is 6.23. The minimum absolute atomic E-state index is 0.00251. The molecular formula is C18H16FN3O5S2. The molecule has 3 aromatic rings. The van der Waals surface area contributed by atoms with Crippen molar-refractivity contribution in [2.75, 3.05) is 18.1 Å². The van der Waals surface area contributed by atoms with Gasteiger partial charge in [-0.1, -0.05) is 12.1 Å². The number of aromatic nitrogens is 2. The summed E-state index contributed by atoms with van der Waals surface area (Å²) in [5.41, 5.74) is 1.05. The van der Waals surface area contributed by atoms with E-state index in [4.69, 9.17) is 4.74 Å². The average Bonchev–Trinajstić information content (AvgIpc) is 2.67. The largest absolute Gasteiger partial charge is 0.495 e. The van der Waals surface area contributed by atoms with Crippen molar-refractivity contribution in [1.82, 2.24) is 10.2 Å². The first-order valence-electron chi connectivity index (χ1n) is 8.11. The minimum Gasteiger partial charge on any atom is -0.495 e. The SMILES string of the molecule is COc1ccc(F)cc1S(=O)(=O)Nc1cccc(-c2ccc(S(C)(=O)=O)nn2)c1. The summed E-state index contributed by atoms with van der Waals surface area (Å²) in [5.74, 6) is -0.724. The van der Waals surface area contributed by atoms with Gasteiger partial charge in [0, 0.05) is 17.5 Å². The number of nitrogens with zero attached hydrogens (tertiary/aromatic N) is 2. The van der Waals surface area contributed by atoms with Crippen molar-refractivity contribution in [3.63, 3.8) is 0 Å². The van der Waals surface area contributed by atoms with Crippen LogP contribution in [0.4, 0.5) is 10.1 Å². The average molecular weight is 437 g/mol. The van der Waals surface area contributed by atoms with Gasteiger partial charge in [-0.15, -0.1) is 10.2 Å². The van der Waals surface area contributed by atoms with Crippen LogP contribution in [0.1, 0.15) is 0 Å². The summed E-state index contributed by atoms with van der Waals surface area (Å²) in [7, 11) is -6.33. The molecule has 8 nitrogen and oxygen atoms in total. The van der Waals surface area contributed by atoms with Crippen molar-refractivity contribution in [1.29, 1.82) is 0 Å².